The molecule has 5 atom stereocenters. The highest BCUT2D eigenvalue weighted by molar-refractivity contribution is 5.75. The van der Waals surface area contributed by atoms with Gasteiger partial charge in [-0.3, -0.25) is 0 Å². The zero-order chi connectivity index (χ0) is 11.0. The SMILES string of the molecule is O=C1NC[C@H]2OC(CO)C(O)C(O)[C@H]2N1. The third-order valence-corrected chi connectivity index (χ3v) is 2.79. The van der Waals surface area contributed by atoms with E-state index in [0.29, 0.717) is 0 Å². The maximum absolute atomic E-state index is 11.0. The molecule has 5 N–H and O–H groups in total. The summed E-state index contributed by atoms with van der Waals surface area (Å²) < 4.78 is 5.33. The fourth-order valence-electron chi connectivity index (χ4n) is 1.94. The summed E-state index contributed by atoms with van der Waals surface area (Å²) in [7, 11) is 0. The van der Waals surface area contributed by atoms with Crippen LogP contribution in [0.1, 0.15) is 0 Å². The number of carbonyl (C=O) groups excluding carboxylic acids is 1. The van der Waals surface area contributed by atoms with Crippen molar-refractivity contribution in [2.24, 2.45) is 0 Å². The van der Waals surface area contributed by atoms with Crippen LogP contribution < -0.4 is 10.6 Å². The second-order valence-electron chi connectivity index (χ2n) is 3.76. The summed E-state index contributed by atoms with van der Waals surface area (Å²) in [5.41, 5.74) is 0. The molecule has 0 aromatic carbocycles. The summed E-state index contributed by atoms with van der Waals surface area (Å²) in [6, 6.07) is -1.02. The average molecular weight is 218 g/mol. The number of urea groups is 1. The van der Waals surface area contributed by atoms with Gasteiger partial charge in [-0.15, -0.1) is 0 Å². The van der Waals surface area contributed by atoms with Crippen molar-refractivity contribution in [3.63, 3.8) is 0 Å². The van der Waals surface area contributed by atoms with Crippen LogP contribution in [0.3, 0.4) is 0 Å². The molecule has 2 aliphatic heterocycles. The van der Waals surface area contributed by atoms with Crippen LogP contribution >= 0.6 is 0 Å². The summed E-state index contributed by atoms with van der Waals surface area (Å²) in [4.78, 5) is 11.0. The van der Waals surface area contributed by atoms with Gasteiger partial charge in [-0.2, -0.15) is 0 Å². The van der Waals surface area contributed by atoms with Crippen molar-refractivity contribution in [1.29, 1.82) is 0 Å². The summed E-state index contributed by atoms with van der Waals surface area (Å²) >= 11 is 0. The smallest absolute Gasteiger partial charge is 0.315 e. The number of amides is 2. The molecular weight excluding hydrogens is 204 g/mol. The molecule has 2 amide bonds. The Morgan fingerprint density at radius 3 is 2.80 bits per heavy atom. The highest BCUT2D eigenvalue weighted by Gasteiger charge is 2.46. The molecule has 7 nitrogen and oxygen atoms in total. The maximum atomic E-state index is 11.0. The normalized spacial score (nSPS) is 45.3. The number of hydrogen-bond donors (Lipinski definition) is 5. The zero-order valence-electron chi connectivity index (χ0n) is 7.96. The van der Waals surface area contributed by atoms with Crippen molar-refractivity contribution in [1.82, 2.24) is 10.6 Å². The van der Waals surface area contributed by atoms with Gasteiger partial charge in [-0.05, 0) is 0 Å². The number of aliphatic hydroxyl groups is 3. The van der Waals surface area contributed by atoms with Gasteiger partial charge in [0.25, 0.3) is 0 Å². The van der Waals surface area contributed by atoms with Gasteiger partial charge in [0.1, 0.15) is 18.3 Å². The fourth-order valence-corrected chi connectivity index (χ4v) is 1.94. The Bertz CT molecular complexity index is 259. The average Bonchev–Trinajstić information content (AvgIpc) is 2.24. The molecule has 0 aliphatic carbocycles. The largest absolute Gasteiger partial charge is 0.394 e. The van der Waals surface area contributed by atoms with E-state index in [0.717, 1.165) is 0 Å². The number of fused-ring (bicyclic) bond motifs is 1. The predicted molar refractivity (Wildman–Crippen MR) is 48.1 cm³/mol. The second-order valence-corrected chi connectivity index (χ2v) is 3.76. The Kier molecular flexibility index (Phi) is 2.79. The lowest BCUT2D eigenvalue weighted by Crippen LogP contribution is -2.70. The van der Waals surface area contributed by atoms with E-state index in [4.69, 9.17) is 9.84 Å². The summed E-state index contributed by atoms with van der Waals surface area (Å²) in [6.07, 6.45) is -3.54. The molecule has 2 heterocycles. The van der Waals surface area contributed by atoms with Crippen molar-refractivity contribution >= 4 is 6.03 Å². The van der Waals surface area contributed by atoms with Crippen molar-refractivity contribution in [3.05, 3.63) is 0 Å². The molecule has 15 heavy (non-hydrogen) atoms. The van der Waals surface area contributed by atoms with Gasteiger partial charge in [-0.1, -0.05) is 0 Å². The Balaban J connectivity index is 2.11. The number of carbonyl (C=O) groups is 1. The molecule has 2 saturated heterocycles. The van der Waals surface area contributed by atoms with Crippen LogP contribution in [0.4, 0.5) is 4.79 Å². The third-order valence-electron chi connectivity index (χ3n) is 2.79. The standard InChI is InChI=1S/C8H14N2O5/c11-2-4-6(12)7(13)5-3(15-4)1-9-8(14)10-5/h3-7,11-13H,1-2H2,(H2,9,10,14)/t3-,4?,5+,6?,7?/m1/s1. The molecule has 0 radical (unpaired) electrons. The highest BCUT2D eigenvalue weighted by Crippen LogP contribution is 2.22. The fraction of sp³-hybridized carbons (Fsp3) is 0.875. The Morgan fingerprint density at radius 1 is 1.40 bits per heavy atom. The lowest BCUT2D eigenvalue weighted by Gasteiger charge is -2.44. The number of rotatable bonds is 1. The first-order valence-electron chi connectivity index (χ1n) is 4.80. The molecule has 86 valence electrons. The van der Waals surface area contributed by atoms with Gasteiger partial charge < -0.3 is 30.7 Å². The van der Waals surface area contributed by atoms with Gasteiger partial charge in [0.2, 0.25) is 0 Å². The Hall–Kier alpha value is -0.890. The lowest BCUT2D eigenvalue weighted by molar-refractivity contribution is -0.193. The van der Waals surface area contributed by atoms with Crippen LogP contribution in [0.25, 0.3) is 0 Å². The van der Waals surface area contributed by atoms with E-state index in [1.165, 1.54) is 0 Å². The van der Waals surface area contributed by atoms with Crippen LogP contribution in [0.15, 0.2) is 0 Å². The zero-order valence-corrected chi connectivity index (χ0v) is 7.96. The van der Waals surface area contributed by atoms with E-state index in [9.17, 15) is 15.0 Å². The second kappa shape index (κ2) is 3.93. The van der Waals surface area contributed by atoms with Gasteiger partial charge in [0.05, 0.1) is 18.8 Å². The molecule has 0 saturated carbocycles. The van der Waals surface area contributed by atoms with Crippen LogP contribution in [-0.4, -0.2) is 65.0 Å². The molecular formula is C8H14N2O5. The van der Waals surface area contributed by atoms with E-state index in [2.05, 4.69) is 10.6 Å². The van der Waals surface area contributed by atoms with Gasteiger partial charge >= 0.3 is 6.03 Å². The van der Waals surface area contributed by atoms with E-state index >= 15 is 0 Å². The number of hydrogen-bond acceptors (Lipinski definition) is 5. The van der Waals surface area contributed by atoms with Crippen LogP contribution in [0.2, 0.25) is 0 Å². The first kappa shape index (κ1) is 10.6. The minimum atomic E-state index is -1.19. The molecule has 0 aromatic heterocycles. The van der Waals surface area contributed by atoms with Crippen molar-refractivity contribution in [2.45, 2.75) is 30.5 Å². The van der Waals surface area contributed by atoms with E-state index < -0.39 is 36.5 Å². The summed E-state index contributed by atoms with van der Waals surface area (Å²) in [6.45, 7) is -0.105. The van der Waals surface area contributed by atoms with Crippen LogP contribution in [0, 0.1) is 0 Å². The molecule has 3 unspecified atom stereocenters. The molecule has 2 aliphatic rings. The minimum Gasteiger partial charge on any atom is -0.394 e. The van der Waals surface area contributed by atoms with E-state index in [1.54, 1.807) is 0 Å². The highest BCUT2D eigenvalue weighted by atomic mass is 16.5. The number of ether oxygens (including phenoxy) is 1. The van der Waals surface area contributed by atoms with Crippen molar-refractivity contribution in [3.8, 4) is 0 Å². The minimum absolute atomic E-state index is 0.261. The molecule has 2 rings (SSSR count). The number of nitrogens with one attached hydrogen (secondary N) is 2. The van der Waals surface area contributed by atoms with E-state index in [-0.39, 0.29) is 13.2 Å². The first-order chi connectivity index (χ1) is 7.13. The Morgan fingerprint density at radius 2 is 2.13 bits per heavy atom. The van der Waals surface area contributed by atoms with Crippen LogP contribution in [-0.2, 0) is 4.74 Å². The first-order valence-corrected chi connectivity index (χ1v) is 4.80. The van der Waals surface area contributed by atoms with Gasteiger partial charge in [0, 0.05) is 6.54 Å². The Labute approximate surface area is 86.0 Å². The van der Waals surface area contributed by atoms with Crippen molar-refractivity contribution in [2.75, 3.05) is 13.2 Å². The molecule has 7 heteroatoms. The predicted octanol–water partition coefficient (Wildman–Crippen LogP) is -2.85. The number of aliphatic hydroxyl groups excluding tert-OH is 3. The van der Waals surface area contributed by atoms with E-state index in [1.807, 2.05) is 0 Å². The van der Waals surface area contributed by atoms with Crippen molar-refractivity contribution < 1.29 is 24.9 Å². The molecule has 0 bridgehead atoms. The topological polar surface area (TPSA) is 111 Å². The van der Waals surface area contributed by atoms with Gasteiger partial charge in [0.15, 0.2) is 0 Å². The quantitative estimate of drug-likeness (QED) is 0.325. The molecule has 2 fully saturated rings. The maximum Gasteiger partial charge on any atom is 0.315 e. The monoisotopic (exact) mass is 218 g/mol. The summed E-state index contributed by atoms with van der Waals surface area (Å²) in [5, 5.41) is 33.2. The molecule has 0 spiro atoms. The van der Waals surface area contributed by atoms with Crippen LogP contribution in [0.5, 0.6) is 0 Å². The third kappa shape index (κ3) is 1.78. The van der Waals surface area contributed by atoms with Gasteiger partial charge in [-0.25, -0.2) is 4.79 Å². The lowest BCUT2D eigenvalue weighted by atomic mass is 9.92. The summed E-state index contributed by atoms with van der Waals surface area (Å²) in [5.74, 6) is 0. The molecule has 0 aromatic rings.